The highest BCUT2D eigenvalue weighted by molar-refractivity contribution is 5.74. The topological polar surface area (TPSA) is 60.8 Å². The summed E-state index contributed by atoms with van der Waals surface area (Å²) in [5.41, 5.74) is 1.44. The third kappa shape index (κ3) is 3.33. The Labute approximate surface area is 113 Å². The third-order valence-corrected chi connectivity index (χ3v) is 3.90. The van der Waals surface area contributed by atoms with E-state index in [1.165, 1.54) is 0 Å². The standard InChI is InChI=1S/C15H21NO3/c1-15(14(18)19)7-2-8-16(11-15)9-12-3-5-13(10-17)6-4-12/h3-6,17H,2,7-11H2,1H3,(H,18,19). The van der Waals surface area contributed by atoms with Crippen LogP contribution in [0.4, 0.5) is 0 Å². The van der Waals surface area contributed by atoms with Gasteiger partial charge >= 0.3 is 5.97 Å². The monoisotopic (exact) mass is 263 g/mol. The van der Waals surface area contributed by atoms with E-state index in [9.17, 15) is 9.90 Å². The van der Waals surface area contributed by atoms with Crippen molar-refractivity contribution in [2.45, 2.75) is 32.9 Å². The number of aliphatic hydroxyl groups is 1. The predicted molar refractivity (Wildman–Crippen MR) is 72.6 cm³/mol. The molecule has 0 aliphatic carbocycles. The van der Waals surface area contributed by atoms with Crippen LogP contribution in [0.5, 0.6) is 0 Å². The minimum atomic E-state index is -0.701. The highest BCUT2D eigenvalue weighted by atomic mass is 16.4. The number of aliphatic carboxylic acids is 1. The Morgan fingerprint density at radius 3 is 2.53 bits per heavy atom. The summed E-state index contributed by atoms with van der Waals surface area (Å²) in [6, 6.07) is 7.82. The number of rotatable bonds is 4. The molecule has 19 heavy (non-hydrogen) atoms. The fourth-order valence-electron chi connectivity index (χ4n) is 2.66. The summed E-state index contributed by atoms with van der Waals surface area (Å²) < 4.78 is 0. The molecule has 1 aliphatic rings. The normalized spacial score (nSPS) is 24.3. The van der Waals surface area contributed by atoms with Crippen molar-refractivity contribution < 1.29 is 15.0 Å². The lowest BCUT2D eigenvalue weighted by atomic mass is 9.82. The van der Waals surface area contributed by atoms with Crippen molar-refractivity contribution in [2.75, 3.05) is 13.1 Å². The first-order chi connectivity index (χ1) is 9.03. The van der Waals surface area contributed by atoms with Crippen LogP contribution in [0.2, 0.25) is 0 Å². The van der Waals surface area contributed by atoms with Gasteiger partial charge in [-0.1, -0.05) is 24.3 Å². The molecule has 1 aliphatic heterocycles. The van der Waals surface area contributed by atoms with Crippen LogP contribution in [-0.2, 0) is 17.9 Å². The molecule has 1 aromatic carbocycles. The maximum Gasteiger partial charge on any atom is 0.310 e. The highest BCUT2D eigenvalue weighted by Crippen LogP contribution is 2.30. The molecule has 4 heteroatoms. The van der Waals surface area contributed by atoms with Crippen molar-refractivity contribution in [1.29, 1.82) is 0 Å². The van der Waals surface area contributed by atoms with Crippen molar-refractivity contribution in [2.24, 2.45) is 5.41 Å². The van der Waals surface area contributed by atoms with Gasteiger partial charge in [0.1, 0.15) is 0 Å². The van der Waals surface area contributed by atoms with Gasteiger partial charge in [0, 0.05) is 13.1 Å². The number of benzene rings is 1. The molecule has 104 valence electrons. The molecule has 4 nitrogen and oxygen atoms in total. The van der Waals surface area contributed by atoms with Gasteiger partial charge in [0.2, 0.25) is 0 Å². The zero-order valence-corrected chi connectivity index (χ0v) is 11.3. The van der Waals surface area contributed by atoms with Crippen molar-refractivity contribution in [1.82, 2.24) is 4.90 Å². The Balaban J connectivity index is 2.00. The Hall–Kier alpha value is -1.39. The second-order valence-corrected chi connectivity index (χ2v) is 5.65. The fraction of sp³-hybridized carbons (Fsp3) is 0.533. The largest absolute Gasteiger partial charge is 0.481 e. The number of hydrogen-bond donors (Lipinski definition) is 2. The minimum absolute atomic E-state index is 0.0566. The lowest BCUT2D eigenvalue weighted by molar-refractivity contribution is -0.151. The van der Waals surface area contributed by atoms with Crippen LogP contribution < -0.4 is 0 Å². The molecule has 1 aromatic rings. The number of nitrogens with zero attached hydrogens (tertiary/aromatic N) is 1. The molecular formula is C15H21NO3. The molecule has 0 bridgehead atoms. The molecular weight excluding hydrogens is 242 g/mol. The molecule has 2 N–H and O–H groups in total. The SMILES string of the molecule is CC1(C(=O)O)CCCN(Cc2ccc(CO)cc2)C1. The summed E-state index contributed by atoms with van der Waals surface area (Å²) in [5, 5.41) is 18.3. The molecule has 1 atom stereocenters. The molecule has 1 heterocycles. The Bertz CT molecular complexity index is 443. The Morgan fingerprint density at radius 1 is 1.32 bits per heavy atom. The molecule has 1 unspecified atom stereocenters. The summed E-state index contributed by atoms with van der Waals surface area (Å²) >= 11 is 0. The Morgan fingerprint density at radius 2 is 1.95 bits per heavy atom. The number of carbonyl (C=O) groups is 1. The van der Waals surface area contributed by atoms with Crippen molar-refractivity contribution in [3.8, 4) is 0 Å². The van der Waals surface area contributed by atoms with E-state index >= 15 is 0 Å². The van der Waals surface area contributed by atoms with Gasteiger partial charge in [0.25, 0.3) is 0 Å². The number of carboxylic acid groups (broad SMARTS) is 1. The van der Waals surface area contributed by atoms with E-state index in [2.05, 4.69) is 4.90 Å². The van der Waals surface area contributed by atoms with E-state index in [1.54, 1.807) is 0 Å². The molecule has 0 radical (unpaired) electrons. The first-order valence-corrected chi connectivity index (χ1v) is 6.68. The number of piperidine rings is 1. The quantitative estimate of drug-likeness (QED) is 0.870. The summed E-state index contributed by atoms with van der Waals surface area (Å²) in [6.45, 7) is 4.21. The molecule has 2 rings (SSSR count). The van der Waals surface area contributed by atoms with Gasteiger partial charge in [-0.05, 0) is 37.4 Å². The van der Waals surface area contributed by atoms with Crippen LogP contribution in [-0.4, -0.2) is 34.2 Å². The minimum Gasteiger partial charge on any atom is -0.481 e. The first-order valence-electron chi connectivity index (χ1n) is 6.68. The molecule has 1 saturated heterocycles. The average Bonchev–Trinajstić information content (AvgIpc) is 2.39. The third-order valence-electron chi connectivity index (χ3n) is 3.90. The molecule has 0 spiro atoms. The highest BCUT2D eigenvalue weighted by Gasteiger charge is 2.37. The van der Waals surface area contributed by atoms with Gasteiger partial charge in [-0.2, -0.15) is 0 Å². The van der Waals surface area contributed by atoms with E-state index in [-0.39, 0.29) is 6.61 Å². The van der Waals surface area contributed by atoms with Crippen molar-refractivity contribution in [3.63, 3.8) is 0 Å². The van der Waals surface area contributed by atoms with E-state index < -0.39 is 11.4 Å². The van der Waals surface area contributed by atoms with Crippen LogP contribution in [0.25, 0.3) is 0 Å². The predicted octanol–water partition coefficient (Wildman–Crippen LogP) is 1.87. The average molecular weight is 263 g/mol. The van der Waals surface area contributed by atoms with E-state index in [0.29, 0.717) is 6.54 Å². The van der Waals surface area contributed by atoms with E-state index in [4.69, 9.17) is 5.11 Å². The molecule has 0 aromatic heterocycles. The van der Waals surface area contributed by atoms with Gasteiger partial charge in [0.05, 0.1) is 12.0 Å². The second-order valence-electron chi connectivity index (χ2n) is 5.65. The number of carboxylic acids is 1. The molecule has 0 saturated carbocycles. The van der Waals surface area contributed by atoms with Gasteiger partial charge in [-0.15, -0.1) is 0 Å². The fourth-order valence-corrected chi connectivity index (χ4v) is 2.66. The first kappa shape index (κ1) is 14.0. The molecule has 1 fully saturated rings. The number of likely N-dealkylation sites (tertiary alicyclic amines) is 1. The summed E-state index contributed by atoms with van der Waals surface area (Å²) in [7, 11) is 0. The van der Waals surface area contributed by atoms with Gasteiger partial charge in [-0.25, -0.2) is 0 Å². The summed E-state index contributed by atoms with van der Waals surface area (Å²) in [4.78, 5) is 13.5. The maximum atomic E-state index is 11.3. The van der Waals surface area contributed by atoms with Gasteiger partial charge < -0.3 is 10.2 Å². The number of aliphatic hydroxyl groups excluding tert-OH is 1. The number of hydrogen-bond acceptors (Lipinski definition) is 3. The zero-order chi connectivity index (χ0) is 13.9. The summed E-state index contributed by atoms with van der Waals surface area (Å²) in [6.07, 6.45) is 1.68. The van der Waals surface area contributed by atoms with E-state index in [1.807, 2.05) is 31.2 Å². The van der Waals surface area contributed by atoms with Crippen LogP contribution in [0.1, 0.15) is 30.9 Å². The van der Waals surface area contributed by atoms with Crippen LogP contribution in [0.15, 0.2) is 24.3 Å². The van der Waals surface area contributed by atoms with Gasteiger partial charge in [-0.3, -0.25) is 9.69 Å². The lowest BCUT2D eigenvalue weighted by Crippen LogP contribution is -2.45. The smallest absolute Gasteiger partial charge is 0.310 e. The van der Waals surface area contributed by atoms with Crippen LogP contribution in [0, 0.1) is 5.41 Å². The van der Waals surface area contributed by atoms with E-state index in [0.717, 1.165) is 37.1 Å². The van der Waals surface area contributed by atoms with Gasteiger partial charge in [0.15, 0.2) is 0 Å². The Kier molecular flexibility index (Phi) is 4.22. The molecule has 0 amide bonds. The van der Waals surface area contributed by atoms with Crippen LogP contribution in [0.3, 0.4) is 0 Å². The van der Waals surface area contributed by atoms with Crippen molar-refractivity contribution in [3.05, 3.63) is 35.4 Å². The second kappa shape index (κ2) is 5.72. The summed E-state index contributed by atoms with van der Waals surface area (Å²) in [5.74, 6) is -0.701. The van der Waals surface area contributed by atoms with Crippen LogP contribution >= 0.6 is 0 Å². The van der Waals surface area contributed by atoms with Crippen molar-refractivity contribution >= 4 is 5.97 Å². The maximum absolute atomic E-state index is 11.3. The zero-order valence-electron chi connectivity index (χ0n) is 11.3. The lowest BCUT2D eigenvalue weighted by Gasteiger charge is -2.37.